The molecule has 1 saturated heterocycles. The zero-order valence-corrected chi connectivity index (χ0v) is 7.88. The first-order chi connectivity index (χ1) is 6.34. The highest BCUT2D eigenvalue weighted by Crippen LogP contribution is 2.09. The van der Waals surface area contributed by atoms with Gasteiger partial charge in [0.2, 0.25) is 5.95 Å². The van der Waals surface area contributed by atoms with E-state index < -0.39 is 0 Å². The van der Waals surface area contributed by atoms with Gasteiger partial charge in [0.1, 0.15) is 5.15 Å². The molecule has 2 rings (SSSR count). The molecule has 2 N–H and O–H groups in total. The Bertz CT molecular complexity index is 285. The van der Waals surface area contributed by atoms with E-state index in [1.54, 1.807) is 12.3 Å². The molecule has 1 aliphatic heterocycles. The van der Waals surface area contributed by atoms with Crippen molar-refractivity contribution in [1.29, 1.82) is 0 Å². The van der Waals surface area contributed by atoms with Crippen molar-refractivity contribution in [3.05, 3.63) is 17.4 Å². The van der Waals surface area contributed by atoms with Crippen LogP contribution in [-0.4, -0.2) is 29.1 Å². The Morgan fingerprint density at radius 3 is 3.23 bits per heavy atom. The number of halogens is 1. The first-order valence-corrected chi connectivity index (χ1v) is 4.68. The highest BCUT2D eigenvalue weighted by Gasteiger charge is 2.14. The molecular weight excluding hydrogens is 188 g/mol. The van der Waals surface area contributed by atoms with Crippen LogP contribution in [0.3, 0.4) is 0 Å². The van der Waals surface area contributed by atoms with Crippen LogP contribution in [0.2, 0.25) is 5.15 Å². The highest BCUT2D eigenvalue weighted by atomic mass is 35.5. The third kappa shape index (κ3) is 2.29. The molecule has 0 aromatic carbocycles. The van der Waals surface area contributed by atoms with Crippen LogP contribution in [0.1, 0.15) is 6.42 Å². The lowest BCUT2D eigenvalue weighted by molar-refractivity contribution is 0.780. The van der Waals surface area contributed by atoms with Crippen molar-refractivity contribution in [2.24, 2.45) is 0 Å². The van der Waals surface area contributed by atoms with Crippen LogP contribution in [0.4, 0.5) is 5.95 Å². The molecule has 70 valence electrons. The number of nitrogens with one attached hydrogen (secondary N) is 2. The van der Waals surface area contributed by atoms with Gasteiger partial charge in [0, 0.05) is 18.8 Å². The fourth-order valence-corrected chi connectivity index (χ4v) is 1.50. The van der Waals surface area contributed by atoms with Gasteiger partial charge in [0.05, 0.1) is 0 Å². The fraction of sp³-hybridized carbons (Fsp3) is 0.500. The molecule has 1 fully saturated rings. The summed E-state index contributed by atoms with van der Waals surface area (Å²) in [6, 6.07) is 2.10. The molecule has 0 bridgehead atoms. The second-order valence-corrected chi connectivity index (χ2v) is 3.42. The third-order valence-corrected chi connectivity index (χ3v) is 2.23. The van der Waals surface area contributed by atoms with Crippen LogP contribution in [0.25, 0.3) is 0 Å². The van der Waals surface area contributed by atoms with E-state index >= 15 is 0 Å². The topological polar surface area (TPSA) is 49.8 Å². The van der Waals surface area contributed by atoms with E-state index in [0.717, 1.165) is 19.5 Å². The van der Waals surface area contributed by atoms with Crippen LogP contribution in [-0.2, 0) is 0 Å². The maximum atomic E-state index is 5.72. The van der Waals surface area contributed by atoms with Crippen molar-refractivity contribution in [3.8, 4) is 0 Å². The molecule has 0 radical (unpaired) electrons. The normalized spacial score (nSPS) is 21.8. The standard InChI is InChI=1S/C8H11ClN4/c9-7-2-4-11-8(13-7)12-6-1-3-10-5-6/h2,4,6,10H,1,3,5H2,(H,11,12,13)/t6-/m0/s1. The molecule has 0 amide bonds. The zero-order chi connectivity index (χ0) is 9.10. The van der Waals surface area contributed by atoms with E-state index in [1.165, 1.54) is 0 Å². The lowest BCUT2D eigenvalue weighted by atomic mass is 10.3. The Balaban J connectivity index is 2.00. The largest absolute Gasteiger partial charge is 0.350 e. The molecule has 13 heavy (non-hydrogen) atoms. The summed E-state index contributed by atoms with van der Waals surface area (Å²) in [5.74, 6) is 0.612. The van der Waals surface area contributed by atoms with Crippen molar-refractivity contribution in [1.82, 2.24) is 15.3 Å². The Morgan fingerprint density at radius 1 is 1.62 bits per heavy atom. The predicted octanol–water partition coefficient (Wildman–Crippen LogP) is 0.904. The van der Waals surface area contributed by atoms with Crippen LogP contribution in [0, 0.1) is 0 Å². The summed E-state index contributed by atoms with van der Waals surface area (Å²) >= 11 is 5.72. The van der Waals surface area contributed by atoms with E-state index in [9.17, 15) is 0 Å². The van der Waals surface area contributed by atoms with Crippen LogP contribution in [0.5, 0.6) is 0 Å². The summed E-state index contributed by atoms with van der Waals surface area (Å²) in [4.78, 5) is 8.12. The number of rotatable bonds is 2. The lowest BCUT2D eigenvalue weighted by Gasteiger charge is -2.10. The minimum atomic E-state index is 0.429. The molecule has 4 nitrogen and oxygen atoms in total. The molecule has 0 aliphatic carbocycles. The van der Waals surface area contributed by atoms with Crippen molar-refractivity contribution >= 4 is 17.5 Å². The Kier molecular flexibility index (Phi) is 2.61. The van der Waals surface area contributed by atoms with Gasteiger partial charge in [-0.3, -0.25) is 0 Å². The van der Waals surface area contributed by atoms with Crippen molar-refractivity contribution in [3.63, 3.8) is 0 Å². The molecule has 1 atom stereocenters. The fourth-order valence-electron chi connectivity index (χ4n) is 1.37. The monoisotopic (exact) mass is 198 g/mol. The second kappa shape index (κ2) is 3.89. The minimum absolute atomic E-state index is 0.429. The number of hydrogen-bond donors (Lipinski definition) is 2. The van der Waals surface area contributed by atoms with Crippen LogP contribution in [0.15, 0.2) is 12.3 Å². The maximum absolute atomic E-state index is 5.72. The summed E-state index contributed by atoms with van der Waals surface area (Å²) in [5, 5.41) is 6.94. The number of hydrogen-bond acceptors (Lipinski definition) is 4. The molecular formula is C8H11ClN4. The van der Waals surface area contributed by atoms with E-state index in [-0.39, 0.29) is 0 Å². The summed E-state index contributed by atoms with van der Waals surface area (Å²) in [6.07, 6.45) is 2.76. The third-order valence-electron chi connectivity index (χ3n) is 2.02. The first kappa shape index (κ1) is 8.72. The summed E-state index contributed by atoms with van der Waals surface area (Å²) < 4.78 is 0. The van der Waals surface area contributed by atoms with Gasteiger partial charge >= 0.3 is 0 Å². The van der Waals surface area contributed by atoms with Crippen molar-refractivity contribution < 1.29 is 0 Å². The number of nitrogens with zero attached hydrogens (tertiary/aromatic N) is 2. The van der Waals surface area contributed by atoms with E-state index in [4.69, 9.17) is 11.6 Å². The van der Waals surface area contributed by atoms with Gasteiger partial charge in [0.15, 0.2) is 0 Å². The quantitative estimate of drug-likeness (QED) is 0.694. The Hall–Kier alpha value is -0.870. The minimum Gasteiger partial charge on any atom is -0.350 e. The molecule has 2 heterocycles. The van der Waals surface area contributed by atoms with E-state index in [0.29, 0.717) is 17.1 Å². The molecule has 1 aromatic rings. The lowest BCUT2D eigenvalue weighted by Crippen LogP contribution is -2.23. The van der Waals surface area contributed by atoms with Gasteiger partial charge in [-0.2, -0.15) is 0 Å². The van der Waals surface area contributed by atoms with E-state index in [2.05, 4.69) is 20.6 Å². The molecule has 1 aromatic heterocycles. The summed E-state index contributed by atoms with van der Waals surface area (Å²) in [7, 11) is 0. The number of anilines is 1. The molecule has 1 aliphatic rings. The second-order valence-electron chi connectivity index (χ2n) is 3.04. The Morgan fingerprint density at radius 2 is 2.54 bits per heavy atom. The van der Waals surface area contributed by atoms with Gasteiger partial charge in [-0.15, -0.1) is 0 Å². The maximum Gasteiger partial charge on any atom is 0.224 e. The first-order valence-electron chi connectivity index (χ1n) is 4.30. The van der Waals surface area contributed by atoms with E-state index in [1.807, 2.05) is 0 Å². The highest BCUT2D eigenvalue weighted by molar-refractivity contribution is 6.29. The SMILES string of the molecule is Clc1ccnc(N[C@H]2CCNC2)n1. The van der Waals surface area contributed by atoms with Crippen molar-refractivity contribution in [2.75, 3.05) is 18.4 Å². The Labute approximate surface area is 81.7 Å². The smallest absolute Gasteiger partial charge is 0.224 e. The van der Waals surface area contributed by atoms with Gasteiger partial charge in [-0.1, -0.05) is 11.6 Å². The average molecular weight is 199 g/mol. The van der Waals surface area contributed by atoms with Gasteiger partial charge in [-0.05, 0) is 19.0 Å². The van der Waals surface area contributed by atoms with Gasteiger partial charge in [-0.25, -0.2) is 9.97 Å². The number of aromatic nitrogens is 2. The molecule has 0 unspecified atom stereocenters. The molecule has 0 spiro atoms. The molecule has 0 saturated carbocycles. The van der Waals surface area contributed by atoms with Crippen molar-refractivity contribution in [2.45, 2.75) is 12.5 Å². The summed E-state index contributed by atoms with van der Waals surface area (Å²) in [6.45, 7) is 2.02. The predicted molar refractivity (Wildman–Crippen MR) is 51.9 cm³/mol. The van der Waals surface area contributed by atoms with Crippen LogP contribution < -0.4 is 10.6 Å². The summed E-state index contributed by atoms with van der Waals surface area (Å²) in [5.41, 5.74) is 0. The zero-order valence-electron chi connectivity index (χ0n) is 7.13. The van der Waals surface area contributed by atoms with Gasteiger partial charge < -0.3 is 10.6 Å². The van der Waals surface area contributed by atoms with Crippen LogP contribution >= 0.6 is 11.6 Å². The average Bonchev–Trinajstić information content (AvgIpc) is 2.57. The van der Waals surface area contributed by atoms with Gasteiger partial charge in [0.25, 0.3) is 0 Å². The molecule has 5 heteroatoms.